The van der Waals surface area contributed by atoms with E-state index in [0.29, 0.717) is 35.8 Å². The summed E-state index contributed by atoms with van der Waals surface area (Å²) in [5.41, 5.74) is 7.08. The number of amides is 1. The zero-order valence-electron chi connectivity index (χ0n) is 31.1. The van der Waals surface area contributed by atoms with Crippen LogP contribution in [0.2, 0.25) is 0 Å². The molecule has 9 nitrogen and oxygen atoms in total. The molecule has 1 atom stereocenters. The van der Waals surface area contributed by atoms with E-state index < -0.39 is 5.54 Å². The minimum atomic E-state index is -0.887. The number of unbranched alkanes of at least 4 members (excludes halogenated alkanes) is 1. The lowest BCUT2D eigenvalue weighted by Crippen LogP contribution is -2.39. The molecule has 1 saturated carbocycles. The highest BCUT2D eigenvalue weighted by Crippen LogP contribution is 2.43. The Morgan fingerprint density at radius 1 is 0.821 bits per heavy atom. The largest absolute Gasteiger partial charge is 0.295 e. The van der Waals surface area contributed by atoms with E-state index >= 15 is 0 Å². The van der Waals surface area contributed by atoms with Crippen LogP contribution in [0, 0.1) is 5.92 Å². The summed E-state index contributed by atoms with van der Waals surface area (Å²) in [7, 11) is 0. The summed E-state index contributed by atoms with van der Waals surface area (Å²) in [6.45, 7) is 2.11. The van der Waals surface area contributed by atoms with Gasteiger partial charge in [-0.25, -0.2) is 9.67 Å². The normalized spacial score (nSPS) is 13.3. The van der Waals surface area contributed by atoms with Crippen LogP contribution < -0.4 is 10.9 Å². The molecule has 0 saturated heterocycles. The Bertz CT molecular complexity index is 2390. The number of hydrogen-bond acceptors (Lipinski definition) is 6. The lowest BCUT2D eigenvalue weighted by atomic mass is 9.77. The number of anilines is 1. The number of aromatic nitrogens is 6. The highest BCUT2D eigenvalue weighted by atomic mass is 79.9. The molecule has 10 heteroatoms. The topological polar surface area (TPSA) is 118 Å². The second-order valence-electron chi connectivity index (χ2n) is 14.3. The van der Waals surface area contributed by atoms with E-state index in [-0.39, 0.29) is 22.2 Å². The molecule has 1 aliphatic carbocycles. The average molecular weight is 805 g/mol. The SMILES string of the molecule is CCCCc1nc(NC(=O)C(Br)C2CC2)[nH]c(=O)c1Cc1ccc(-c2ccccc2-c2nnnn2C(c2ccccc2)(c2ccccc2)c2ccccc2)cc1. The van der Waals surface area contributed by atoms with Crippen LogP contribution in [0.5, 0.6) is 0 Å². The van der Waals surface area contributed by atoms with E-state index in [1.165, 1.54) is 0 Å². The number of benzene rings is 5. The van der Waals surface area contributed by atoms with E-state index in [1.54, 1.807) is 0 Å². The maximum absolute atomic E-state index is 13.5. The van der Waals surface area contributed by atoms with Crippen LogP contribution in [-0.2, 0) is 23.2 Å². The first-order valence-electron chi connectivity index (χ1n) is 19.2. The van der Waals surface area contributed by atoms with Gasteiger partial charge in [0.05, 0.1) is 10.5 Å². The van der Waals surface area contributed by atoms with Gasteiger partial charge in [0.1, 0.15) is 5.54 Å². The van der Waals surface area contributed by atoms with Gasteiger partial charge in [0.2, 0.25) is 11.9 Å². The fraction of sp³-hybridized carbons (Fsp3) is 0.217. The highest BCUT2D eigenvalue weighted by Gasteiger charge is 2.42. The van der Waals surface area contributed by atoms with E-state index in [4.69, 9.17) is 15.3 Å². The van der Waals surface area contributed by atoms with E-state index in [9.17, 15) is 9.59 Å². The van der Waals surface area contributed by atoms with Crippen LogP contribution in [0.4, 0.5) is 5.95 Å². The molecule has 56 heavy (non-hydrogen) atoms. The van der Waals surface area contributed by atoms with Crippen LogP contribution in [0.3, 0.4) is 0 Å². The Kier molecular flexibility index (Phi) is 10.8. The first-order valence-corrected chi connectivity index (χ1v) is 20.1. The van der Waals surface area contributed by atoms with Crippen molar-refractivity contribution in [1.29, 1.82) is 0 Å². The third-order valence-corrected chi connectivity index (χ3v) is 11.7. The molecule has 8 rings (SSSR count). The summed E-state index contributed by atoms with van der Waals surface area (Å²) in [5.74, 6) is 0.970. The minimum absolute atomic E-state index is 0.180. The smallest absolute Gasteiger partial charge is 0.256 e. The molecule has 1 unspecified atom stereocenters. The number of carbonyl (C=O) groups excluding carboxylic acids is 1. The number of carbonyl (C=O) groups is 1. The molecule has 2 N–H and O–H groups in total. The molecule has 1 fully saturated rings. The molecule has 0 radical (unpaired) electrons. The lowest BCUT2D eigenvalue weighted by molar-refractivity contribution is -0.115. The lowest BCUT2D eigenvalue weighted by Gasteiger charge is -2.36. The number of aryl methyl sites for hydroxylation is 1. The number of halogens is 1. The second-order valence-corrected chi connectivity index (χ2v) is 15.3. The van der Waals surface area contributed by atoms with Crippen molar-refractivity contribution in [3.63, 3.8) is 0 Å². The fourth-order valence-electron chi connectivity index (χ4n) is 7.55. The number of alkyl halides is 1. The average Bonchev–Trinajstić information content (AvgIpc) is 3.99. The summed E-state index contributed by atoms with van der Waals surface area (Å²) >= 11 is 3.50. The Morgan fingerprint density at radius 2 is 1.39 bits per heavy atom. The van der Waals surface area contributed by atoms with E-state index in [1.807, 2.05) is 71.4 Å². The highest BCUT2D eigenvalue weighted by molar-refractivity contribution is 9.10. The van der Waals surface area contributed by atoms with Gasteiger partial charge in [-0.15, -0.1) is 5.10 Å². The second kappa shape index (κ2) is 16.4. The molecule has 2 aromatic heterocycles. The van der Waals surface area contributed by atoms with Crippen molar-refractivity contribution < 1.29 is 4.79 Å². The zero-order valence-corrected chi connectivity index (χ0v) is 32.7. The Labute approximate surface area is 334 Å². The fourth-order valence-corrected chi connectivity index (χ4v) is 8.19. The Morgan fingerprint density at radius 3 is 1.96 bits per heavy atom. The molecule has 1 amide bonds. The van der Waals surface area contributed by atoms with Crippen LogP contribution in [0.1, 0.15) is 66.1 Å². The summed E-state index contributed by atoms with van der Waals surface area (Å²) in [5, 5.41) is 16.6. The van der Waals surface area contributed by atoms with Crippen LogP contribution in [0.15, 0.2) is 144 Å². The maximum atomic E-state index is 13.5. The van der Waals surface area contributed by atoms with Gasteiger partial charge in [-0.3, -0.25) is 19.9 Å². The van der Waals surface area contributed by atoms with Crippen LogP contribution in [-0.4, -0.2) is 40.9 Å². The predicted octanol–water partition coefficient (Wildman–Crippen LogP) is 8.98. The van der Waals surface area contributed by atoms with Crippen molar-refractivity contribution in [2.75, 3.05) is 5.32 Å². The first-order chi connectivity index (χ1) is 27.5. The van der Waals surface area contributed by atoms with Crippen molar-refractivity contribution in [2.24, 2.45) is 5.92 Å². The number of hydrogen-bond donors (Lipinski definition) is 2. The molecule has 2 heterocycles. The Hall–Kier alpha value is -6.00. The van der Waals surface area contributed by atoms with Crippen molar-refractivity contribution in [3.8, 4) is 22.5 Å². The first kappa shape index (κ1) is 36.9. The third kappa shape index (κ3) is 7.36. The third-order valence-electron chi connectivity index (χ3n) is 10.6. The standard InChI is InChI=1S/C46H42BrN7O2/c1-2-3-23-40-39(43(55)49-45(48-40)50-44(56)41(47)33-28-29-33)30-31-24-26-32(27-25-31)37-21-13-14-22-38(37)42-51-52-53-54(42)46(34-15-7-4-8-16-34,35-17-9-5-10-18-35)36-19-11-6-12-20-36/h4-22,24-27,33,41H,2-3,23,28-30H2,1H3,(H2,48,49,50,55,56). The molecule has 0 bridgehead atoms. The van der Waals surface area contributed by atoms with Gasteiger partial charge in [-0.1, -0.05) is 169 Å². The van der Waals surface area contributed by atoms with Crippen LogP contribution >= 0.6 is 15.9 Å². The van der Waals surface area contributed by atoms with Crippen molar-refractivity contribution >= 4 is 27.8 Å². The van der Waals surface area contributed by atoms with Gasteiger partial charge in [0, 0.05) is 17.5 Å². The summed E-state index contributed by atoms with van der Waals surface area (Å²) in [4.78, 5) is 33.6. The molecule has 0 aliphatic heterocycles. The summed E-state index contributed by atoms with van der Waals surface area (Å²) in [6, 6.07) is 47.6. The number of nitrogens with one attached hydrogen (secondary N) is 2. The molecule has 280 valence electrons. The minimum Gasteiger partial charge on any atom is -0.295 e. The number of rotatable bonds is 14. The maximum Gasteiger partial charge on any atom is 0.256 e. The molecule has 0 spiro atoms. The van der Waals surface area contributed by atoms with E-state index in [0.717, 1.165) is 64.6 Å². The van der Waals surface area contributed by atoms with Gasteiger partial charge in [0.15, 0.2) is 5.82 Å². The van der Waals surface area contributed by atoms with Crippen molar-refractivity contribution in [3.05, 3.63) is 183 Å². The number of aromatic amines is 1. The van der Waals surface area contributed by atoms with E-state index in [2.05, 4.69) is 111 Å². The van der Waals surface area contributed by atoms with Gasteiger partial charge in [0.25, 0.3) is 5.56 Å². The number of tetrazole rings is 1. The summed E-state index contributed by atoms with van der Waals surface area (Å²) < 4.78 is 1.95. The van der Waals surface area contributed by atoms with Crippen molar-refractivity contribution in [2.45, 2.75) is 55.8 Å². The van der Waals surface area contributed by atoms with Gasteiger partial charge < -0.3 is 0 Å². The molecular formula is C46H42BrN7O2. The monoisotopic (exact) mass is 803 g/mol. The zero-order chi connectivity index (χ0) is 38.5. The molecule has 1 aliphatic rings. The molecular weight excluding hydrogens is 762 g/mol. The molecule has 7 aromatic rings. The van der Waals surface area contributed by atoms with Crippen molar-refractivity contribution in [1.82, 2.24) is 30.2 Å². The van der Waals surface area contributed by atoms with Gasteiger partial charge in [-0.2, -0.15) is 0 Å². The summed E-state index contributed by atoms with van der Waals surface area (Å²) in [6.07, 6.45) is 4.95. The Balaban J connectivity index is 1.15. The quantitative estimate of drug-likeness (QED) is 0.0838. The number of nitrogens with zero attached hydrogens (tertiary/aromatic N) is 5. The molecule has 5 aromatic carbocycles. The predicted molar refractivity (Wildman–Crippen MR) is 224 cm³/mol. The van der Waals surface area contributed by atoms with Gasteiger partial charge in [-0.05, 0) is 75.4 Å². The van der Waals surface area contributed by atoms with Gasteiger partial charge >= 0.3 is 0 Å². The number of H-pyrrole nitrogens is 1. The van der Waals surface area contributed by atoms with Crippen LogP contribution in [0.25, 0.3) is 22.5 Å².